The normalized spacial score (nSPS) is 11.7. The minimum absolute atomic E-state index is 0.474. The van der Waals surface area contributed by atoms with Crippen LogP contribution in [0.4, 0.5) is 0 Å². The first-order valence-corrected chi connectivity index (χ1v) is 6.34. The van der Waals surface area contributed by atoms with Gasteiger partial charge in [0.1, 0.15) is 0 Å². The molecule has 4 nitrogen and oxygen atoms in total. The first-order valence-electron chi connectivity index (χ1n) is 6.34. The summed E-state index contributed by atoms with van der Waals surface area (Å²) >= 11 is 0. The van der Waals surface area contributed by atoms with Crippen molar-refractivity contribution in [1.82, 2.24) is 10.1 Å². The third kappa shape index (κ3) is 2.59. The fourth-order valence-electron chi connectivity index (χ4n) is 1.87. The van der Waals surface area contributed by atoms with E-state index in [1.54, 1.807) is 0 Å². The number of rotatable bonds is 5. The molecule has 0 aliphatic rings. The number of hydrogen-bond donors (Lipinski definition) is 1. The number of nitrogens with two attached hydrogens (primary N) is 1. The number of hydrogen-bond acceptors (Lipinski definition) is 4. The molecule has 0 radical (unpaired) electrons. The molecule has 0 atom stereocenters. The average molecular weight is 245 g/mol. The van der Waals surface area contributed by atoms with Crippen molar-refractivity contribution in [3.05, 3.63) is 47.6 Å². The Balaban J connectivity index is 2.16. The van der Waals surface area contributed by atoms with Crippen molar-refractivity contribution in [2.45, 2.75) is 38.6 Å². The summed E-state index contributed by atoms with van der Waals surface area (Å²) in [6.45, 7) is 4.08. The first kappa shape index (κ1) is 12.8. The Kier molecular flexibility index (Phi) is 3.77. The molecule has 1 heterocycles. The molecule has 1 aromatic heterocycles. The van der Waals surface area contributed by atoms with Crippen LogP contribution in [-0.4, -0.2) is 10.1 Å². The summed E-state index contributed by atoms with van der Waals surface area (Å²) in [4.78, 5) is 4.42. The maximum Gasteiger partial charge on any atom is 0.231 e. The summed E-state index contributed by atoms with van der Waals surface area (Å²) in [7, 11) is 0. The topological polar surface area (TPSA) is 64.9 Å². The summed E-state index contributed by atoms with van der Waals surface area (Å²) in [6, 6.07) is 10.1. The molecule has 0 saturated carbocycles. The predicted octanol–water partition coefficient (Wildman–Crippen LogP) is 2.63. The molecule has 2 N–H and O–H groups in total. The van der Waals surface area contributed by atoms with Gasteiger partial charge in [-0.05, 0) is 18.4 Å². The van der Waals surface area contributed by atoms with Crippen molar-refractivity contribution < 1.29 is 4.52 Å². The molecule has 0 bridgehead atoms. The maximum absolute atomic E-state index is 6.24. The summed E-state index contributed by atoms with van der Waals surface area (Å²) in [5.41, 5.74) is 6.92. The third-order valence-electron chi connectivity index (χ3n) is 3.37. The highest BCUT2D eigenvalue weighted by Gasteiger charge is 2.28. The van der Waals surface area contributed by atoms with E-state index in [9.17, 15) is 0 Å². The molecule has 0 saturated heterocycles. The highest BCUT2D eigenvalue weighted by atomic mass is 16.5. The average Bonchev–Trinajstić information content (AvgIpc) is 2.88. The SMILES string of the molecule is CCC(N)(CC)c1noc(Cc2ccccc2)n1. The molecule has 0 unspecified atom stereocenters. The van der Waals surface area contributed by atoms with Crippen LogP contribution >= 0.6 is 0 Å². The van der Waals surface area contributed by atoms with Gasteiger partial charge in [-0.25, -0.2) is 0 Å². The quantitative estimate of drug-likeness (QED) is 0.879. The zero-order chi connectivity index (χ0) is 13.0. The second kappa shape index (κ2) is 5.31. The largest absolute Gasteiger partial charge is 0.339 e. The summed E-state index contributed by atoms with van der Waals surface area (Å²) in [5.74, 6) is 1.23. The molecule has 0 fully saturated rings. The molecule has 2 rings (SSSR count). The zero-order valence-corrected chi connectivity index (χ0v) is 10.9. The van der Waals surface area contributed by atoms with Crippen LogP contribution in [0.1, 0.15) is 44.0 Å². The minimum Gasteiger partial charge on any atom is -0.339 e. The van der Waals surface area contributed by atoms with Crippen molar-refractivity contribution in [1.29, 1.82) is 0 Å². The van der Waals surface area contributed by atoms with Crippen molar-refractivity contribution in [2.24, 2.45) is 5.73 Å². The lowest BCUT2D eigenvalue weighted by Crippen LogP contribution is -2.36. The minimum atomic E-state index is -0.474. The van der Waals surface area contributed by atoms with Crippen LogP contribution in [0.3, 0.4) is 0 Å². The Morgan fingerprint density at radius 3 is 2.44 bits per heavy atom. The second-order valence-electron chi connectivity index (χ2n) is 4.54. The number of benzene rings is 1. The van der Waals surface area contributed by atoms with E-state index < -0.39 is 5.54 Å². The molecular weight excluding hydrogens is 226 g/mol. The summed E-state index contributed by atoms with van der Waals surface area (Å²) in [5, 5.41) is 4.02. The molecule has 0 amide bonds. The standard InChI is InChI=1S/C14H19N3O/c1-3-14(15,4-2)13-16-12(18-17-13)10-11-8-6-5-7-9-11/h5-9H,3-4,10,15H2,1-2H3. The van der Waals surface area contributed by atoms with Crippen LogP contribution in [0.2, 0.25) is 0 Å². The molecule has 0 spiro atoms. The fourth-order valence-corrected chi connectivity index (χ4v) is 1.87. The lowest BCUT2D eigenvalue weighted by Gasteiger charge is -2.21. The molecule has 2 aromatic rings. The van der Waals surface area contributed by atoms with Crippen molar-refractivity contribution in [3.63, 3.8) is 0 Å². The monoisotopic (exact) mass is 245 g/mol. The first-order chi connectivity index (χ1) is 8.68. The van der Waals surface area contributed by atoms with E-state index in [0.717, 1.165) is 18.4 Å². The Hall–Kier alpha value is -1.68. The van der Waals surface area contributed by atoms with Gasteiger partial charge in [-0.3, -0.25) is 0 Å². The van der Waals surface area contributed by atoms with Gasteiger partial charge in [-0.2, -0.15) is 4.98 Å². The Morgan fingerprint density at radius 1 is 1.17 bits per heavy atom. The fraction of sp³-hybridized carbons (Fsp3) is 0.429. The number of aromatic nitrogens is 2. The van der Waals surface area contributed by atoms with Gasteiger partial charge in [-0.1, -0.05) is 49.3 Å². The van der Waals surface area contributed by atoms with E-state index in [1.165, 1.54) is 0 Å². The van der Waals surface area contributed by atoms with Gasteiger partial charge in [0.05, 0.1) is 12.0 Å². The van der Waals surface area contributed by atoms with E-state index in [1.807, 2.05) is 44.2 Å². The van der Waals surface area contributed by atoms with Crippen LogP contribution in [0, 0.1) is 0 Å². The molecular formula is C14H19N3O. The van der Waals surface area contributed by atoms with Crippen LogP contribution in [0.25, 0.3) is 0 Å². The van der Waals surface area contributed by atoms with Crippen molar-refractivity contribution in [2.75, 3.05) is 0 Å². The van der Waals surface area contributed by atoms with Gasteiger partial charge in [0.2, 0.25) is 5.89 Å². The van der Waals surface area contributed by atoms with E-state index in [0.29, 0.717) is 18.1 Å². The Bertz CT molecular complexity index is 489. The lowest BCUT2D eigenvalue weighted by molar-refractivity contribution is 0.337. The van der Waals surface area contributed by atoms with Gasteiger partial charge >= 0.3 is 0 Å². The van der Waals surface area contributed by atoms with E-state index >= 15 is 0 Å². The maximum atomic E-state index is 6.24. The number of nitrogens with zero attached hydrogens (tertiary/aromatic N) is 2. The molecule has 0 aliphatic heterocycles. The van der Waals surface area contributed by atoms with Crippen LogP contribution in [0.5, 0.6) is 0 Å². The van der Waals surface area contributed by atoms with E-state index in [4.69, 9.17) is 10.3 Å². The predicted molar refractivity (Wildman–Crippen MR) is 70.0 cm³/mol. The second-order valence-corrected chi connectivity index (χ2v) is 4.54. The van der Waals surface area contributed by atoms with Gasteiger partial charge in [0.15, 0.2) is 5.82 Å². The molecule has 18 heavy (non-hydrogen) atoms. The van der Waals surface area contributed by atoms with Crippen molar-refractivity contribution in [3.8, 4) is 0 Å². The third-order valence-corrected chi connectivity index (χ3v) is 3.37. The highest BCUT2D eigenvalue weighted by Crippen LogP contribution is 2.23. The summed E-state index contributed by atoms with van der Waals surface area (Å²) in [6.07, 6.45) is 2.25. The molecule has 1 aromatic carbocycles. The highest BCUT2D eigenvalue weighted by molar-refractivity contribution is 5.18. The van der Waals surface area contributed by atoms with Crippen molar-refractivity contribution >= 4 is 0 Å². The summed E-state index contributed by atoms with van der Waals surface area (Å²) < 4.78 is 5.28. The van der Waals surface area contributed by atoms with Gasteiger partial charge in [0.25, 0.3) is 0 Å². The molecule has 4 heteroatoms. The van der Waals surface area contributed by atoms with E-state index in [2.05, 4.69) is 10.1 Å². The van der Waals surface area contributed by atoms with Crippen LogP contribution < -0.4 is 5.73 Å². The van der Waals surface area contributed by atoms with Crippen LogP contribution in [0.15, 0.2) is 34.9 Å². The van der Waals surface area contributed by atoms with Gasteiger partial charge in [-0.15, -0.1) is 0 Å². The van der Waals surface area contributed by atoms with Crippen LogP contribution in [-0.2, 0) is 12.0 Å². The smallest absolute Gasteiger partial charge is 0.231 e. The molecule has 96 valence electrons. The Morgan fingerprint density at radius 2 is 1.83 bits per heavy atom. The van der Waals surface area contributed by atoms with Gasteiger partial charge < -0.3 is 10.3 Å². The Labute approximate surface area is 107 Å². The van der Waals surface area contributed by atoms with E-state index in [-0.39, 0.29) is 0 Å². The zero-order valence-electron chi connectivity index (χ0n) is 10.9. The van der Waals surface area contributed by atoms with Gasteiger partial charge in [0, 0.05) is 0 Å². The lowest BCUT2D eigenvalue weighted by atomic mass is 9.93. The molecule has 0 aliphatic carbocycles.